The average Bonchev–Trinajstić information content (AvgIpc) is 2.47. The monoisotopic (exact) mass is 286 g/mol. The zero-order valence-corrected chi connectivity index (χ0v) is 11.9. The van der Waals surface area contributed by atoms with E-state index >= 15 is 0 Å². The zero-order valence-electron chi connectivity index (χ0n) is 11.2. The predicted molar refractivity (Wildman–Crippen MR) is 79.7 cm³/mol. The molecule has 0 aliphatic carbocycles. The van der Waals surface area contributed by atoms with Gasteiger partial charge in [0.15, 0.2) is 0 Å². The van der Waals surface area contributed by atoms with E-state index in [9.17, 15) is 0 Å². The lowest BCUT2D eigenvalue weighted by molar-refractivity contribution is 0.302. The van der Waals surface area contributed by atoms with Gasteiger partial charge in [0.2, 0.25) is 0 Å². The molecule has 0 aliphatic rings. The number of hydrogen-bond acceptors (Lipinski definition) is 3. The van der Waals surface area contributed by atoms with E-state index in [1.165, 1.54) is 0 Å². The number of hydrogen-bond donors (Lipinski definition) is 1. The van der Waals surface area contributed by atoms with Gasteiger partial charge in [-0.2, -0.15) is 5.26 Å². The van der Waals surface area contributed by atoms with Gasteiger partial charge in [0.1, 0.15) is 12.4 Å². The molecular formula is C16H15ClN2O. The van der Waals surface area contributed by atoms with Gasteiger partial charge < -0.3 is 10.1 Å². The molecule has 2 aromatic carbocycles. The van der Waals surface area contributed by atoms with E-state index in [2.05, 4.69) is 11.4 Å². The van der Waals surface area contributed by atoms with Crippen molar-refractivity contribution in [3.05, 3.63) is 64.2 Å². The number of ether oxygens (including phenoxy) is 1. The number of nitrogens with one attached hydrogen (secondary N) is 1. The Morgan fingerprint density at radius 3 is 2.60 bits per heavy atom. The molecule has 1 N–H and O–H groups in total. The van der Waals surface area contributed by atoms with Crippen LogP contribution in [-0.2, 0) is 13.2 Å². The van der Waals surface area contributed by atoms with Gasteiger partial charge in [0.05, 0.1) is 11.6 Å². The van der Waals surface area contributed by atoms with E-state index in [0.717, 1.165) is 16.9 Å². The molecule has 0 aromatic heterocycles. The molecule has 0 heterocycles. The van der Waals surface area contributed by atoms with E-state index < -0.39 is 0 Å². The minimum atomic E-state index is 0.462. The maximum Gasteiger partial charge on any atom is 0.124 e. The van der Waals surface area contributed by atoms with Gasteiger partial charge in [0, 0.05) is 17.1 Å². The van der Waals surface area contributed by atoms with Crippen molar-refractivity contribution in [3.63, 3.8) is 0 Å². The number of nitriles is 1. The van der Waals surface area contributed by atoms with Crippen LogP contribution in [0.4, 0.5) is 0 Å². The number of rotatable bonds is 5. The van der Waals surface area contributed by atoms with Crippen molar-refractivity contribution in [2.45, 2.75) is 13.2 Å². The van der Waals surface area contributed by atoms with Gasteiger partial charge in [-0.05, 0) is 42.9 Å². The largest absolute Gasteiger partial charge is 0.489 e. The van der Waals surface area contributed by atoms with Gasteiger partial charge in [-0.25, -0.2) is 0 Å². The second-order valence-electron chi connectivity index (χ2n) is 4.38. The zero-order chi connectivity index (χ0) is 14.4. The molecule has 0 aliphatic heterocycles. The molecule has 4 heteroatoms. The summed E-state index contributed by atoms with van der Waals surface area (Å²) in [5, 5.41) is 12.5. The highest BCUT2D eigenvalue weighted by Crippen LogP contribution is 2.23. The predicted octanol–water partition coefficient (Wildman–Crippen LogP) is 3.51. The van der Waals surface area contributed by atoms with Gasteiger partial charge in [-0.15, -0.1) is 0 Å². The molecule has 0 amide bonds. The second kappa shape index (κ2) is 6.95. The summed E-state index contributed by atoms with van der Waals surface area (Å²) < 4.78 is 5.82. The number of benzene rings is 2. The van der Waals surface area contributed by atoms with Crippen molar-refractivity contribution in [3.8, 4) is 11.8 Å². The fourth-order valence-electron chi connectivity index (χ4n) is 1.85. The fraction of sp³-hybridized carbons (Fsp3) is 0.188. The first-order chi connectivity index (χ1) is 9.72. The fourth-order valence-corrected chi connectivity index (χ4v) is 2.05. The molecule has 20 heavy (non-hydrogen) atoms. The van der Waals surface area contributed by atoms with Crippen LogP contribution in [0.2, 0.25) is 5.02 Å². The summed E-state index contributed by atoms with van der Waals surface area (Å²) >= 11 is 5.99. The van der Waals surface area contributed by atoms with Crippen LogP contribution in [0.3, 0.4) is 0 Å². The quantitative estimate of drug-likeness (QED) is 0.915. The Hall–Kier alpha value is -2.02. The molecule has 0 bridgehead atoms. The molecule has 0 atom stereocenters. The summed E-state index contributed by atoms with van der Waals surface area (Å²) in [5.74, 6) is 0.813. The van der Waals surface area contributed by atoms with Crippen LogP contribution in [0.15, 0.2) is 42.5 Å². The lowest BCUT2D eigenvalue weighted by Gasteiger charge is -2.12. The standard InChI is InChI=1S/C16H15ClN2O/c1-19-10-14-8-15(17)6-7-16(14)20-11-13-4-2-12(9-18)3-5-13/h2-8,19H,10-11H2,1H3. The van der Waals surface area contributed by atoms with Crippen LogP contribution in [0, 0.1) is 11.3 Å². The van der Waals surface area contributed by atoms with Crippen molar-refractivity contribution in [1.29, 1.82) is 5.26 Å². The van der Waals surface area contributed by atoms with E-state index in [1.807, 2.05) is 37.4 Å². The van der Waals surface area contributed by atoms with Gasteiger partial charge in [0.25, 0.3) is 0 Å². The Morgan fingerprint density at radius 2 is 1.95 bits per heavy atom. The maximum absolute atomic E-state index is 8.76. The Kier molecular flexibility index (Phi) is 5.00. The van der Waals surface area contributed by atoms with Crippen molar-refractivity contribution in [1.82, 2.24) is 5.32 Å². The first kappa shape index (κ1) is 14.4. The number of nitrogens with zero attached hydrogens (tertiary/aromatic N) is 1. The molecule has 0 spiro atoms. The summed E-state index contributed by atoms with van der Waals surface area (Å²) in [7, 11) is 1.88. The minimum absolute atomic E-state index is 0.462. The minimum Gasteiger partial charge on any atom is -0.489 e. The van der Waals surface area contributed by atoms with E-state index in [4.69, 9.17) is 21.6 Å². The molecular weight excluding hydrogens is 272 g/mol. The molecule has 0 unspecified atom stereocenters. The van der Waals surface area contributed by atoms with E-state index in [0.29, 0.717) is 23.7 Å². The Balaban J connectivity index is 2.08. The normalized spacial score (nSPS) is 10.1. The van der Waals surface area contributed by atoms with Crippen LogP contribution in [0.25, 0.3) is 0 Å². The summed E-state index contributed by atoms with van der Waals surface area (Å²) in [6, 6.07) is 15.0. The van der Waals surface area contributed by atoms with Gasteiger partial charge in [-0.1, -0.05) is 23.7 Å². The molecule has 0 radical (unpaired) electrons. The SMILES string of the molecule is CNCc1cc(Cl)ccc1OCc1ccc(C#N)cc1. The maximum atomic E-state index is 8.76. The topological polar surface area (TPSA) is 45.0 Å². The summed E-state index contributed by atoms with van der Waals surface area (Å²) in [5.41, 5.74) is 2.69. The molecule has 102 valence electrons. The molecule has 0 fully saturated rings. The van der Waals surface area contributed by atoms with Crippen LogP contribution in [0.1, 0.15) is 16.7 Å². The molecule has 2 aromatic rings. The highest BCUT2D eigenvalue weighted by Gasteiger charge is 2.04. The summed E-state index contributed by atoms with van der Waals surface area (Å²) in [6.07, 6.45) is 0. The third-order valence-electron chi connectivity index (χ3n) is 2.87. The first-order valence-corrected chi connectivity index (χ1v) is 6.65. The first-order valence-electron chi connectivity index (χ1n) is 6.28. The lowest BCUT2D eigenvalue weighted by atomic mass is 10.1. The molecule has 0 saturated carbocycles. The molecule has 0 saturated heterocycles. The average molecular weight is 287 g/mol. The highest BCUT2D eigenvalue weighted by molar-refractivity contribution is 6.30. The Bertz CT molecular complexity index is 617. The van der Waals surface area contributed by atoms with Gasteiger partial charge >= 0.3 is 0 Å². The van der Waals surface area contributed by atoms with Crippen LogP contribution in [-0.4, -0.2) is 7.05 Å². The lowest BCUT2D eigenvalue weighted by Crippen LogP contribution is -2.07. The third kappa shape index (κ3) is 3.74. The Labute approximate surface area is 123 Å². The van der Waals surface area contributed by atoms with Gasteiger partial charge in [-0.3, -0.25) is 0 Å². The summed E-state index contributed by atoms with van der Waals surface area (Å²) in [4.78, 5) is 0. The van der Waals surface area contributed by atoms with Crippen molar-refractivity contribution < 1.29 is 4.74 Å². The molecule has 3 nitrogen and oxygen atoms in total. The van der Waals surface area contributed by atoms with E-state index in [-0.39, 0.29) is 0 Å². The summed E-state index contributed by atoms with van der Waals surface area (Å²) in [6.45, 7) is 1.16. The number of halogens is 1. The van der Waals surface area contributed by atoms with Crippen LogP contribution in [0.5, 0.6) is 5.75 Å². The molecule has 2 rings (SSSR count). The Morgan fingerprint density at radius 1 is 1.20 bits per heavy atom. The van der Waals surface area contributed by atoms with Crippen molar-refractivity contribution in [2.75, 3.05) is 7.05 Å². The van der Waals surface area contributed by atoms with Crippen molar-refractivity contribution in [2.24, 2.45) is 0 Å². The van der Waals surface area contributed by atoms with Crippen molar-refractivity contribution >= 4 is 11.6 Å². The second-order valence-corrected chi connectivity index (χ2v) is 4.82. The smallest absolute Gasteiger partial charge is 0.124 e. The van der Waals surface area contributed by atoms with E-state index in [1.54, 1.807) is 12.1 Å². The van der Waals surface area contributed by atoms with Crippen LogP contribution < -0.4 is 10.1 Å². The van der Waals surface area contributed by atoms with Crippen LogP contribution >= 0.6 is 11.6 Å². The third-order valence-corrected chi connectivity index (χ3v) is 3.10. The highest BCUT2D eigenvalue weighted by atomic mass is 35.5.